The number of benzene rings is 1. The first-order valence-electron chi connectivity index (χ1n) is 6.44. The maximum atomic E-state index is 13.2. The Hall–Kier alpha value is -1.98. The molecule has 12 heteroatoms. The van der Waals surface area contributed by atoms with Gasteiger partial charge in [0, 0.05) is 5.71 Å². The Kier molecular flexibility index (Phi) is 4.70. The van der Waals surface area contributed by atoms with Gasteiger partial charge in [-0.25, -0.2) is 0 Å². The minimum Gasteiger partial charge on any atom is -0.359 e. The van der Waals surface area contributed by atoms with Crippen LogP contribution in [0.4, 0.5) is 18.9 Å². The van der Waals surface area contributed by atoms with Gasteiger partial charge >= 0.3 is 16.6 Å². The van der Waals surface area contributed by atoms with Crippen LogP contribution in [0.25, 0.3) is 0 Å². The number of carbonyl (C=O) groups excluding carboxylic acids is 2. The molecule has 1 unspecified atom stereocenters. The van der Waals surface area contributed by atoms with Crippen molar-refractivity contribution in [2.75, 3.05) is 0 Å². The number of ketones is 2. The summed E-state index contributed by atoms with van der Waals surface area (Å²) in [6, 6.07) is 0.319. The molecule has 1 aliphatic heterocycles. The molecule has 1 heterocycles. The molecule has 136 valence electrons. The number of nitrogens with zero attached hydrogens (tertiary/aromatic N) is 1. The Bertz CT molecular complexity index is 923. The van der Waals surface area contributed by atoms with Gasteiger partial charge in [0.15, 0.2) is 11.5 Å². The molecular formula is C13H9ClF3NO6S. The topological polar surface area (TPSA) is 110 Å². The molecule has 1 N–H and O–H groups in total. The lowest BCUT2D eigenvalue weighted by atomic mass is 9.85. The predicted molar refractivity (Wildman–Crippen MR) is 79.9 cm³/mol. The van der Waals surface area contributed by atoms with Crippen LogP contribution >= 0.6 is 11.6 Å². The summed E-state index contributed by atoms with van der Waals surface area (Å²) in [5.74, 6) is -4.43. The summed E-state index contributed by atoms with van der Waals surface area (Å²) in [6.07, 6.45) is -4.97. The quantitative estimate of drug-likeness (QED) is 0.618. The fraction of sp³-hybridized carbons (Fsp3) is 0.308. The summed E-state index contributed by atoms with van der Waals surface area (Å²) >= 11 is 5.62. The van der Waals surface area contributed by atoms with E-state index >= 15 is 0 Å². The molecule has 1 atom stereocenters. The van der Waals surface area contributed by atoms with Crippen LogP contribution in [0, 0.1) is 5.92 Å². The molecule has 1 aromatic rings. The molecule has 0 radical (unpaired) electrons. The Morgan fingerprint density at radius 2 is 1.96 bits per heavy atom. The smallest absolute Gasteiger partial charge is 0.359 e. The van der Waals surface area contributed by atoms with Gasteiger partial charge in [-0.2, -0.15) is 21.6 Å². The van der Waals surface area contributed by atoms with Crippen LogP contribution in [0.1, 0.15) is 29.8 Å². The molecule has 2 rings (SSSR count). The lowest BCUT2D eigenvalue weighted by Gasteiger charge is -2.24. The molecular weight excluding hydrogens is 391 g/mol. The molecule has 25 heavy (non-hydrogen) atoms. The lowest BCUT2D eigenvalue weighted by molar-refractivity contribution is -0.137. The van der Waals surface area contributed by atoms with Gasteiger partial charge in [0.05, 0.1) is 21.8 Å². The van der Waals surface area contributed by atoms with Crippen molar-refractivity contribution in [1.82, 2.24) is 0 Å². The second-order valence-corrected chi connectivity index (χ2v) is 6.56. The van der Waals surface area contributed by atoms with Gasteiger partial charge in [-0.3, -0.25) is 19.1 Å². The standard InChI is InChI=1S/C13H9ClF3NO6S/c1-4-8(5(2)19)11(20)9-10(18-4)6(13(15,16)17)3-7(14)12(9)24-25(21,22)23/h3,8H,1-2H3,(H,21,22,23). The van der Waals surface area contributed by atoms with Gasteiger partial charge in [0.25, 0.3) is 0 Å². The van der Waals surface area contributed by atoms with E-state index in [0.717, 1.165) is 6.92 Å². The van der Waals surface area contributed by atoms with Gasteiger partial charge in [0.1, 0.15) is 11.7 Å². The van der Waals surface area contributed by atoms with Crippen LogP contribution in [0.2, 0.25) is 5.02 Å². The molecule has 0 fully saturated rings. The highest BCUT2D eigenvalue weighted by Gasteiger charge is 2.43. The highest BCUT2D eigenvalue weighted by Crippen LogP contribution is 2.48. The van der Waals surface area contributed by atoms with Crippen LogP contribution < -0.4 is 4.18 Å². The Balaban J connectivity index is 2.93. The minimum absolute atomic E-state index is 0.198. The molecule has 0 bridgehead atoms. The SMILES string of the molecule is CC(=O)C1C(=O)c2c(c(C(F)(F)F)cc(Cl)c2OS(=O)(=O)O)N=C1C. The van der Waals surface area contributed by atoms with Crippen LogP contribution in [-0.4, -0.2) is 30.2 Å². The average Bonchev–Trinajstić information content (AvgIpc) is 2.38. The number of Topliss-reactive ketones (excluding diaryl/α,β-unsaturated/α-hetero) is 2. The molecule has 0 aromatic heterocycles. The molecule has 0 spiro atoms. The Morgan fingerprint density at radius 3 is 2.40 bits per heavy atom. The summed E-state index contributed by atoms with van der Waals surface area (Å²) in [5, 5.41) is -0.894. The van der Waals surface area contributed by atoms with E-state index in [1.807, 2.05) is 0 Å². The summed E-state index contributed by atoms with van der Waals surface area (Å²) in [7, 11) is -5.21. The summed E-state index contributed by atoms with van der Waals surface area (Å²) in [4.78, 5) is 27.8. The van der Waals surface area contributed by atoms with Crippen molar-refractivity contribution in [3.8, 4) is 5.75 Å². The fourth-order valence-electron chi connectivity index (χ4n) is 2.42. The minimum atomic E-state index is -5.21. The molecule has 1 aromatic carbocycles. The Labute approximate surface area is 144 Å². The predicted octanol–water partition coefficient (Wildman–Crippen LogP) is 3.03. The third-order valence-electron chi connectivity index (χ3n) is 3.32. The number of hydrogen-bond acceptors (Lipinski definition) is 6. The second-order valence-electron chi connectivity index (χ2n) is 5.13. The molecule has 0 aliphatic carbocycles. The van der Waals surface area contributed by atoms with Crippen molar-refractivity contribution in [1.29, 1.82) is 0 Å². The van der Waals surface area contributed by atoms with E-state index < -0.39 is 61.6 Å². The first-order chi connectivity index (χ1) is 11.2. The highest BCUT2D eigenvalue weighted by molar-refractivity contribution is 7.81. The first kappa shape index (κ1) is 19.3. The number of alkyl halides is 3. The normalized spacial score (nSPS) is 17.8. The van der Waals surface area contributed by atoms with Gasteiger partial charge < -0.3 is 4.18 Å². The summed E-state index contributed by atoms with van der Waals surface area (Å²) in [5.41, 5.74) is -3.49. The van der Waals surface area contributed by atoms with Gasteiger partial charge in [-0.05, 0) is 19.9 Å². The zero-order valence-electron chi connectivity index (χ0n) is 12.5. The largest absolute Gasteiger partial charge is 0.446 e. The van der Waals surface area contributed by atoms with Gasteiger partial charge in [-0.15, -0.1) is 0 Å². The maximum absolute atomic E-state index is 13.2. The van der Waals surface area contributed by atoms with E-state index in [4.69, 9.17) is 16.2 Å². The average molecular weight is 400 g/mol. The third-order valence-corrected chi connectivity index (χ3v) is 3.98. The van der Waals surface area contributed by atoms with E-state index in [1.54, 1.807) is 0 Å². The van der Waals surface area contributed by atoms with Gasteiger partial charge in [0.2, 0.25) is 0 Å². The number of rotatable bonds is 3. The molecule has 0 saturated heterocycles. The lowest BCUT2D eigenvalue weighted by Crippen LogP contribution is -2.32. The number of aliphatic imine (C=N–C) groups is 1. The zero-order valence-corrected chi connectivity index (χ0v) is 14.1. The van der Waals surface area contributed by atoms with Crippen molar-refractivity contribution in [3.63, 3.8) is 0 Å². The molecule has 0 amide bonds. The maximum Gasteiger partial charge on any atom is 0.446 e. The van der Waals surface area contributed by atoms with Crippen LogP contribution in [-0.2, 0) is 21.4 Å². The van der Waals surface area contributed by atoms with Crippen molar-refractivity contribution >= 4 is 45.0 Å². The van der Waals surface area contributed by atoms with Crippen molar-refractivity contribution < 1.29 is 39.9 Å². The second kappa shape index (κ2) is 6.07. The van der Waals surface area contributed by atoms with Crippen molar-refractivity contribution in [2.24, 2.45) is 10.9 Å². The van der Waals surface area contributed by atoms with E-state index in [2.05, 4.69) is 9.18 Å². The van der Waals surface area contributed by atoms with Gasteiger partial charge in [-0.1, -0.05) is 11.6 Å². The fourth-order valence-corrected chi connectivity index (χ4v) is 3.10. The third kappa shape index (κ3) is 3.67. The van der Waals surface area contributed by atoms with Crippen LogP contribution in [0.3, 0.4) is 0 Å². The number of hydrogen-bond donors (Lipinski definition) is 1. The highest BCUT2D eigenvalue weighted by atomic mass is 35.5. The van der Waals surface area contributed by atoms with Crippen LogP contribution in [0.15, 0.2) is 11.1 Å². The van der Waals surface area contributed by atoms with Crippen molar-refractivity contribution in [2.45, 2.75) is 20.0 Å². The van der Waals surface area contributed by atoms with E-state index in [1.165, 1.54) is 6.92 Å². The molecule has 0 saturated carbocycles. The monoisotopic (exact) mass is 399 g/mol. The zero-order chi connectivity index (χ0) is 19.3. The molecule has 7 nitrogen and oxygen atoms in total. The number of fused-ring (bicyclic) bond motifs is 1. The summed E-state index contributed by atoms with van der Waals surface area (Å²) in [6.45, 7) is 2.20. The number of halogens is 4. The van der Waals surface area contributed by atoms with E-state index in [0.29, 0.717) is 6.07 Å². The van der Waals surface area contributed by atoms with E-state index in [-0.39, 0.29) is 5.71 Å². The van der Waals surface area contributed by atoms with E-state index in [9.17, 15) is 31.2 Å². The van der Waals surface area contributed by atoms with Crippen molar-refractivity contribution in [3.05, 3.63) is 22.2 Å². The Morgan fingerprint density at radius 1 is 1.40 bits per heavy atom. The summed E-state index contributed by atoms with van der Waals surface area (Å²) < 4.78 is 74.5. The van der Waals surface area contributed by atoms with Crippen LogP contribution in [0.5, 0.6) is 5.75 Å². The number of carbonyl (C=O) groups is 2. The first-order valence-corrected chi connectivity index (χ1v) is 8.18. The molecule has 1 aliphatic rings.